The van der Waals surface area contributed by atoms with E-state index in [4.69, 9.17) is 27.1 Å². The van der Waals surface area contributed by atoms with Crippen LogP contribution < -0.4 is 0 Å². The van der Waals surface area contributed by atoms with Gasteiger partial charge in [-0.2, -0.15) is 0 Å². The van der Waals surface area contributed by atoms with Gasteiger partial charge in [0.1, 0.15) is 0 Å². The Kier molecular flexibility index (Phi) is 66.6. The molecular formula is C83H166O6P2. The van der Waals surface area contributed by atoms with E-state index in [1.54, 1.807) is 0 Å². The first kappa shape index (κ1) is 87.7. The van der Waals surface area contributed by atoms with Gasteiger partial charge in [-0.3, -0.25) is 0 Å². The fraction of sp³-hybridized carbons (Fsp3) is 1.00. The zero-order chi connectivity index (χ0) is 65.1. The van der Waals surface area contributed by atoms with Gasteiger partial charge in [0.15, 0.2) is 0 Å². The summed E-state index contributed by atoms with van der Waals surface area (Å²) in [6, 6.07) is 0. The molecule has 2 aliphatic carbocycles. The molecule has 6 nitrogen and oxygen atoms in total. The van der Waals surface area contributed by atoms with Crippen molar-refractivity contribution in [2.75, 3.05) is 26.4 Å². The minimum Gasteiger partial charge on any atom is -0.312 e. The van der Waals surface area contributed by atoms with Crippen molar-refractivity contribution in [3.8, 4) is 0 Å². The van der Waals surface area contributed by atoms with Gasteiger partial charge in [-0.05, 0) is 94.3 Å². The molecule has 2 aliphatic rings. The van der Waals surface area contributed by atoms with Gasteiger partial charge in [-0.1, -0.05) is 401 Å². The summed E-state index contributed by atoms with van der Waals surface area (Å²) in [6.07, 6.45) is 93.1. The summed E-state index contributed by atoms with van der Waals surface area (Å²) >= 11 is 0. The molecule has 0 radical (unpaired) electrons. The third-order valence-corrected chi connectivity index (χ3v) is 24.2. The van der Waals surface area contributed by atoms with Crippen molar-refractivity contribution in [1.82, 2.24) is 0 Å². The Balaban J connectivity index is 1.78. The highest BCUT2D eigenvalue weighted by Crippen LogP contribution is 2.53. The largest absolute Gasteiger partial charge is 0.332 e. The first-order valence-corrected chi connectivity index (χ1v) is 44.6. The van der Waals surface area contributed by atoms with Crippen molar-refractivity contribution >= 4 is 17.2 Å². The van der Waals surface area contributed by atoms with Gasteiger partial charge in [0.25, 0.3) is 0 Å². The summed E-state index contributed by atoms with van der Waals surface area (Å²) in [5.41, 5.74) is 0.313. The van der Waals surface area contributed by atoms with Crippen molar-refractivity contribution in [3.05, 3.63) is 0 Å². The van der Waals surface area contributed by atoms with Crippen molar-refractivity contribution in [3.63, 3.8) is 0 Å². The lowest BCUT2D eigenvalue weighted by atomic mass is 9.60. The van der Waals surface area contributed by atoms with Gasteiger partial charge >= 0.3 is 17.2 Å². The van der Waals surface area contributed by atoms with Crippen LogP contribution in [-0.2, 0) is 27.1 Å². The van der Waals surface area contributed by atoms with Crippen LogP contribution in [0, 0.1) is 17.3 Å². The van der Waals surface area contributed by atoms with E-state index >= 15 is 0 Å². The average molecular weight is 1320 g/mol. The Labute approximate surface area is 575 Å². The van der Waals surface area contributed by atoms with Crippen molar-refractivity contribution in [1.29, 1.82) is 0 Å². The molecule has 0 bridgehead atoms. The zero-order valence-electron chi connectivity index (χ0n) is 63.1. The normalized spacial score (nSPS) is 17.4. The molecule has 2 saturated carbocycles. The molecule has 2 fully saturated rings. The van der Waals surface area contributed by atoms with E-state index in [0.29, 0.717) is 5.41 Å². The Bertz CT molecular complexity index is 1210. The van der Waals surface area contributed by atoms with Crippen LogP contribution in [0.5, 0.6) is 0 Å². The van der Waals surface area contributed by atoms with Crippen molar-refractivity contribution in [2.45, 2.75) is 490 Å². The van der Waals surface area contributed by atoms with Gasteiger partial charge in [0.2, 0.25) is 0 Å². The predicted octanol–water partition coefficient (Wildman–Crippen LogP) is 31.2. The fourth-order valence-electron chi connectivity index (χ4n) is 15.0. The number of rotatable bonds is 74. The molecule has 0 saturated heterocycles. The van der Waals surface area contributed by atoms with Crippen LogP contribution in [0.4, 0.5) is 0 Å². The van der Waals surface area contributed by atoms with Crippen molar-refractivity contribution in [2.24, 2.45) is 17.3 Å². The van der Waals surface area contributed by atoms with E-state index in [9.17, 15) is 0 Å². The predicted molar refractivity (Wildman–Crippen MR) is 405 cm³/mol. The van der Waals surface area contributed by atoms with E-state index < -0.39 is 17.2 Å². The quantitative estimate of drug-likeness (QED) is 0.0447. The highest BCUT2D eigenvalue weighted by Gasteiger charge is 2.42. The smallest absolute Gasteiger partial charge is 0.312 e. The second-order valence-electron chi connectivity index (χ2n) is 30.6. The molecule has 0 aliphatic heterocycles. The molecular weight excluding hydrogens is 1150 g/mol. The van der Waals surface area contributed by atoms with Crippen LogP contribution in [-0.4, -0.2) is 38.6 Å². The molecule has 0 amide bonds. The summed E-state index contributed by atoms with van der Waals surface area (Å²) in [7, 11) is -2.59. The highest BCUT2D eigenvalue weighted by molar-refractivity contribution is 7.42. The highest BCUT2D eigenvalue weighted by atomic mass is 31.2. The molecule has 544 valence electrons. The maximum Gasteiger partial charge on any atom is 0.332 e. The molecule has 0 aromatic carbocycles. The molecule has 0 heterocycles. The molecule has 0 N–H and O–H groups in total. The summed E-state index contributed by atoms with van der Waals surface area (Å²) < 4.78 is 39.9. The first-order chi connectivity index (χ1) is 44.9. The molecule has 0 atom stereocenters. The lowest BCUT2D eigenvalue weighted by Crippen LogP contribution is -2.38. The topological polar surface area (TPSA) is 55.4 Å². The van der Waals surface area contributed by atoms with E-state index in [-0.39, 0.29) is 12.2 Å². The maximum atomic E-state index is 6.85. The zero-order valence-corrected chi connectivity index (χ0v) is 64.9. The molecule has 8 heteroatoms. The number of hydrogen-bond acceptors (Lipinski definition) is 6. The van der Waals surface area contributed by atoms with E-state index in [0.717, 1.165) is 89.6 Å². The number of hydrogen-bond donors (Lipinski definition) is 0. The van der Waals surface area contributed by atoms with Gasteiger partial charge < -0.3 is 27.1 Å². The molecule has 0 spiro atoms. The van der Waals surface area contributed by atoms with Gasteiger partial charge in [0.05, 0.1) is 38.6 Å². The average Bonchev–Trinajstić information content (AvgIpc) is 1.19. The minimum absolute atomic E-state index is 0.257. The summed E-state index contributed by atoms with van der Waals surface area (Å²) in [4.78, 5) is 0. The lowest BCUT2D eigenvalue weighted by Gasteiger charge is -2.46. The lowest BCUT2D eigenvalue weighted by molar-refractivity contribution is 0.00223. The van der Waals surface area contributed by atoms with Crippen molar-refractivity contribution < 1.29 is 27.1 Å². The van der Waals surface area contributed by atoms with E-state index in [1.165, 1.54) is 385 Å². The van der Waals surface area contributed by atoms with Gasteiger partial charge in [-0.25, -0.2) is 0 Å². The summed E-state index contributed by atoms with van der Waals surface area (Å²) in [6.45, 7) is 17.6. The first-order valence-electron chi connectivity index (χ1n) is 42.4. The van der Waals surface area contributed by atoms with Crippen LogP contribution in [0.3, 0.4) is 0 Å². The Morgan fingerprint density at radius 2 is 0.352 bits per heavy atom. The second kappa shape index (κ2) is 69.1. The van der Waals surface area contributed by atoms with Crippen LogP contribution in [0.1, 0.15) is 478 Å². The third kappa shape index (κ3) is 56.1. The monoisotopic (exact) mass is 1320 g/mol. The van der Waals surface area contributed by atoms with Crippen LogP contribution in [0.25, 0.3) is 0 Å². The van der Waals surface area contributed by atoms with E-state index in [1.807, 2.05) is 0 Å². The van der Waals surface area contributed by atoms with Gasteiger partial charge in [-0.15, -0.1) is 0 Å². The van der Waals surface area contributed by atoms with Gasteiger partial charge in [0, 0.05) is 0 Å². The molecule has 0 unspecified atom stereocenters. The van der Waals surface area contributed by atoms with Crippen LogP contribution >= 0.6 is 17.2 Å². The maximum absolute atomic E-state index is 6.85. The van der Waals surface area contributed by atoms with Crippen LogP contribution in [0.15, 0.2) is 0 Å². The molecule has 2 rings (SSSR count). The Morgan fingerprint density at radius 1 is 0.209 bits per heavy atom. The summed E-state index contributed by atoms with van der Waals surface area (Å²) in [5.74, 6) is 1.47. The van der Waals surface area contributed by atoms with Crippen LogP contribution in [0.2, 0.25) is 0 Å². The molecule has 0 aromatic rings. The third-order valence-electron chi connectivity index (χ3n) is 21.7. The number of unbranched alkanes of at least 4 members (excludes halogenated alkanes) is 56. The standard InChI is InChI=1S/C83H166O6P2/c1-7-11-15-19-23-27-31-35-39-43-47-51-55-59-63-75-84-90(85-76-64-60-56-52-48-44-40-36-32-28-24-20-16-12-8-2)88-81-71-67-79(68-72-81)83(5,6)80-69-73-82(74-70-80)89-91(86-77-65-61-57-53-49-45-41-37-33-29-25-21-17-13-9-3)87-78-66-62-58-54-50-46-42-38-34-30-26-22-18-14-10-4/h79-82H,7-78H2,1-6H3. The molecule has 91 heavy (non-hydrogen) atoms. The fourth-order valence-corrected chi connectivity index (χ4v) is 17.5. The minimum atomic E-state index is -1.30. The Morgan fingerprint density at radius 3 is 0.505 bits per heavy atom. The second-order valence-corrected chi connectivity index (χ2v) is 32.9. The Hall–Kier alpha value is 0.620. The molecule has 0 aromatic heterocycles. The SMILES string of the molecule is CCCCCCCCCCCCCCCCCOP(OCCCCCCCCCCCCCCCCC)OC1CCC(C(C)(C)C2CCC(OP(OCCCCCCCCCCCCCCCCC)OCCCCCCCCCCCCCCCCC)CC2)CC1. The summed E-state index contributed by atoms with van der Waals surface area (Å²) in [5, 5.41) is 0. The van der Waals surface area contributed by atoms with E-state index in [2.05, 4.69) is 41.5 Å².